The highest BCUT2D eigenvalue weighted by molar-refractivity contribution is 6.33. The van der Waals surface area contributed by atoms with Crippen LogP contribution in [0.15, 0.2) is 59.9 Å². The lowest BCUT2D eigenvalue weighted by Crippen LogP contribution is -2.14. The van der Waals surface area contributed by atoms with Gasteiger partial charge in [0.05, 0.1) is 21.8 Å². The zero-order chi connectivity index (χ0) is 19.8. The summed E-state index contributed by atoms with van der Waals surface area (Å²) in [5.74, 6) is 0. The number of hydrogen-bond donors (Lipinski definition) is 3. The minimum absolute atomic E-state index is 0. The molecule has 3 N–H and O–H groups in total. The van der Waals surface area contributed by atoms with Gasteiger partial charge in [0, 0.05) is 24.0 Å². The maximum atomic E-state index is 12.0. The Morgan fingerprint density at radius 1 is 1.07 bits per heavy atom. The third-order valence-corrected chi connectivity index (χ3v) is 4.90. The second-order valence-electron chi connectivity index (χ2n) is 6.62. The molecule has 0 spiro atoms. The van der Waals surface area contributed by atoms with Crippen LogP contribution in [0.4, 0.5) is 5.69 Å². The van der Waals surface area contributed by atoms with Crippen LogP contribution in [0, 0.1) is 0 Å². The molecule has 29 heavy (non-hydrogen) atoms. The first-order valence-electron chi connectivity index (χ1n) is 9.53. The van der Waals surface area contributed by atoms with Gasteiger partial charge in [0.15, 0.2) is 0 Å². The van der Waals surface area contributed by atoms with Crippen LogP contribution in [0.1, 0.15) is 19.3 Å². The highest BCUT2D eigenvalue weighted by Gasteiger charge is 2.10. The Balaban J connectivity index is 0.00000300. The molecule has 0 amide bonds. The van der Waals surface area contributed by atoms with Crippen molar-refractivity contribution in [1.82, 2.24) is 15.5 Å². The summed E-state index contributed by atoms with van der Waals surface area (Å²) in [6.07, 6.45) is 5.21. The smallest absolute Gasteiger partial charge is 0.272 e. The van der Waals surface area contributed by atoms with Crippen LogP contribution in [0.2, 0.25) is 5.02 Å². The Kier molecular flexibility index (Phi) is 9.19. The Morgan fingerprint density at radius 2 is 1.83 bits per heavy atom. The zero-order valence-electron chi connectivity index (χ0n) is 16.2. The number of nitrogens with one attached hydrogen (secondary N) is 3. The predicted molar refractivity (Wildman–Crippen MR) is 125 cm³/mol. The van der Waals surface area contributed by atoms with E-state index in [2.05, 4.69) is 27.4 Å². The van der Waals surface area contributed by atoms with E-state index in [0.717, 1.165) is 61.2 Å². The van der Waals surface area contributed by atoms with Crippen molar-refractivity contribution in [2.45, 2.75) is 19.3 Å². The first-order valence-corrected chi connectivity index (χ1v) is 9.91. The Bertz CT molecular complexity index is 1000. The minimum atomic E-state index is -0.186. The molecule has 5 nitrogen and oxygen atoms in total. The second-order valence-corrected chi connectivity index (χ2v) is 7.03. The third kappa shape index (κ3) is 6.07. The highest BCUT2D eigenvalue weighted by Crippen LogP contribution is 2.30. The van der Waals surface area contributed by atoms with Crippen LogP contribution in [0.5, 0.6) is 0 Å². The van der Waals surface area contributed by atoms with Gasteiger partial charge in [0.2, 0.25) is 0 Å². The quantitative estimate of drug-likeness (QED) is 0.310. The fourth-order valence-corrected chi connectivity index (χ4v) is 3.31. The summed E-state index contributed by atoms with van der Waals surface area (Å²) < 4.78 is 0. The van der Waals surface area contributed by atoms with E-state index in [1.807, 2.05) is 42.5 Å². The minimum Gasteiger partial charge on any atom is -0.384 e. The van der Waals surface area contributed by atoms with E-state index < -0.39 is 0 Å². The van der Waals surface area contributed by atoms with Crippen molar-refractivity contribution in [3.63, 3.8) is 0 Å². The molecule has 0 atom stereocenters. The van der Waals surface area contributed by atoms with Crippen LogP contribution in [0.25, 0.3) is 22.0 Å². The summed E-state index contributed by atoms with van der Waals surface area (Å²) in [4.78, 5) is 12.0. The second kappa shape index (κ2) is 11.6. The number of rotatable bonds is 10. The predicted octanol–water partition coefficient (Wildman–Crippen LogP) is 5.02. The number of H-pyrrole nitrogens is 1. The lowest BCUT2D eigenvalue weighted by Gasteiger charge is -2.11. The van der Waals surface area contributed by atoms with Gasteiger partial charge in [-0.05, 0) is 37.6 Å². The highest BCUT2D eigenvalue weighted by atomic mass is 35.5. The molecule has 0 radical (unpaired) electrons. The molecule has 3 aromatic rings. The van der Waals surface area contributed by atoms with E-state index in [9.17, 15) is 4.79 Å². The fourth-order valence-electron chi connectivity index (χ4n) is 3.12. The Hall–Kier alpha value is -2.34. The normalized spacial score (nSPS) is 10.5. The van der Waals surface area contributed by atoms with Gasteiger partial charge < -0.3 is 10.6 Å². The number of hydrogen-bond acceptors (Lipinski definition) is 4. The summed E-state index contributed by atoms with van der Waals surface area (Å²) in [7, 11) is 0. The van der Waals surface area contributed by atoms with Crippen molar-refractivity contribution in [3.05, 3.63) is 70.5 Å². The molecule has 1 heterocycles. The van der Waals surface area contributed by atoms with Gasteiger partial charge in [0.1, 0.15) is 0 Å². The number of fused-ring (bicyclic) bond motifs is 1. The topological polar surface area (TPSA) is 69.8 Å². The SMILES string of the molecule is C=CCNCCCCCNc1cc(-c2n[nH]c(=O)c3ccccc23)ccc1Cl.Cl. The van der Waals surface area contributed by atoms with Crippen LogP contribution in [-0.4, -0.2) is 29.8 Å². The van der Waals surface area contributed by atoms with E-state index in [1.165, 1.54) is 0 Å². The van der Waals surface area contributed by atoms with E-state index >= 15 is 0 Å². The maximum absolute atomic E-state index is 12.0. The lowest BCUT2D eigenvalue weighted by atomic mass is 10.0. The molecule has 0 aliphatic carbocycles. The van der Waals surface area contributed by atoms with E-state index in [1.54, 1.807) is 6.07 Å². The number of nitrogens with zero attached hydrogens (tertiary/aromatic N) is 1. The van der Waals surface area contributed by atoms with Crippen molar-refractivity contribution in [2.75, 3.05) is 25.0 Å². The number of aromatic nitrogens is 2. The van der Waals surface area contributed by atoms with Crippen LogP contribution in [-0.2, 0) is 0 Å². The maximum Gasteiger partial charge on any atom is 0.272 e. The lowest BCUT2D eigenvalue weighted by molar-refractivity contribution is 0.638. The molecule has 2 aromatic carbocycles. The molecule has 3 rings (SSSR count). The molecule has 154 valence electrons. The summed E-state index contributed by atoms with van der Waals surface area (Å²) in [5.41, 5.74) is 2.34. The van der Waals surface area contributed by atoms with Gasteiger partial charge in [-0.25, -0.2) is 5.10 Å². The number of aromatic amines is 1. The van der Waals surface area contributed by atoms with Gasteiger partial charge in [-0.2, -0.15) is 5.10 Å². The Morgan fingerprint density at radius 3 is 2.62 bits per heavy atom. The summed E-state index contributed by atoms with van der Waals surface area (Å²) in [6.45, 7) is 6.41. The summed E-state index contributed by atoms with van der Waals surface area (Å²) >= 11 is 6.36. The standard InChI is InChI=1S/C22H25ClN4O.ClH/c1-2-12-24-13-6-3-7-14-25-20-15-16(10-11-19(20)23)21-17-8-4-5-9-18(17)22(28)27-26-21;/h2,4-5,8-11,15,24-25H,1,3,6-7,12-14H2,(H,27,28);1H. The molecule has 1 aromatic heterocycles. The van der Waals surface area contributed by atoms with Gasteiger partial charge >= 0.3 is 0 Å². The summed E-state index contributed by atoms with van der Waals surface area (Å²) in [6, 6.07) is 13.2. The number of anilines is 1. The third-order valence-electron chi connectivity index (χ3n) is 4.57. The molecule has 0 fully saturated rings. The van der Waals surface area contributed by atoms with Crippen molar-refractivity contribution < 1.29 is 0 Å². The van der Waals surface area contributed by atoms with Crippen LogP contribution in [0.3, 0.4) is 0 Å². The largest absolute Gasteiger partial charge is 0.384 e. The number of halogens is 2. The average Bonchev–Trinajstić information content (AvgIpc) is 2.72. The monoisotopic (exact) mass is 432 g/mol. The zero-order valence-corrected chi connectivity index (χ0v) is 17.8. The van der Waals surface area contributed by atoms with Gasteiger partial charge in [0.25, 0.3) is 5.56 Å². The molecule has 0 saturated heterocycles. The molecule has 0 aliphatic rings. The van der Waals surface area contributed by atoms with Crippen molar-refractivity contribution in [2.24, 2.45) is 0 Å². The molecule has 0 bridgehead atoms. The molecule has 0 unspecified atom stereocenters. The first-order chi connectivity index (χ1) is 13.7. The van der Waals surface area contributed by atoms with E-state index in [4.69, 9.17) is 11.6 Å². The van der Waals surface area contributed by atoms with Gasteiger partial charge in [-0.1, -0.05) is 48.4 Å². The molecule has 0 aliphatic heterocycles. The van der Waals surface area contributed by atoms with Crippen molar-refractivity contribution >= 4 is 40.5 Å². The first kappa shape index (κ1) is 22.9. The molecular weight excluding hydrogens is 407 g/mol. The number of unbranched alkanes of at least 4 members (excludes halogenated alkanes) is 2. The summed E-state index contributed by atoms with van der Waals surface area (Å²) in [5, 5.41) is 15.7. The fraction of sp³-hybridized carbons (Fsp3) is 0.273. The van der Waals surface area contributed by atoms with Crippen LogP contribution < -0.4 is 16.2 Å². The van der Waals surface area contributed by atoms with E-state index in [0.29, 0.717) is 10.4 Å². The van der Waals surface area contributed by atoms with Crippen molar-refractivity contribution in [1.29, 1.82) is 0 Å². The average molecular weight is 433 g/mol. The van der Waals surface area contributed by atoms with E-state index in [-0.39, 0.29) is 18.0 Å². The molecular formula is C22H26Cl2N4O. The van der Waals surface area contributed by atoms with Crippen molar-refractivity contribution in [3.8, 4) is 11.3 Å². The van der Waals surface area contributed by atoms with Crippen LogP contribution >= 0.6 is 24.0 Å². The Labute approximate surface area is 182 Å². The molecule has 0 saturated carbocycles. The molecule has 7 heteroatoms. The van der Waals surface area contributed by atoms with Gasteiger partial charge in [-0.15, -0.1) is 19.0 Å². The van der Waals surface area contributed by atoms with Gasteiger partial charge in [-0.3, -0.25) is 4.79 Å². The number of benzene rings is 2.